The molecule has 0 saturated heterocycles. The van der Waals surface area contributed by atoms with Crippen molar-refractivity contribution in [2.45, 2.75) is 0 Å². The van der Waals surface area contributed by atoms with Gasteiger partial charge in [0.15, 0.2) is 0 Å². The molecule has 0 radical (unpaired) electrons. The Morgan fingerprint density at radius 2 is 1.35 bits per heavy atom. The molecule has 0 aliphatic carbocycles. The number of hydrogen-bond donors (Lipinski definition) is 2. The van der Waals surface area contributed by atoms with Crippen molar-refractivity contribution in [1.82, 2.24) is 0 Å². The number of benzene rings is 3. The number of carboxylic acid groups (broad SMARTS) is 1. The molecule has 0 aromatic heterocycles. The fourth-order valence-corrected chi connectivity index (χ4v) is 3.52. The van der Waals surface area contributed by atoms with E-state index in [1.807, 2.05) is 0 Å². The van der Waals surface area contributed by atoms with E-state index in [9.17, 15) is 44.8 Å². The van der Waals surface area contributed by atoms with Crippen LogP contribution in [0.1, 0.15) is 31.1 Å². The number of aromatic carboxylic acids is 1. The van der Waals surface area contributed by atoms with Crippen LogP contribution < -0.4 is 4.90 Å². The molecule has 4 rings (SSSR count). The van der Waals surface area contributed by atoms with Gasteiger partial charge in [-0.1, -0.05) is 0 Å². The number of carbonyl (C=O) groups excluding carboxylic acids is 2. The topological polar surface area (TPSA) is 181 Å². The van der Waals surface area contributed by atoms with Crippen LogP contribution in [0.4, 0.5) is 17.1 Å². The predicted molar refractivity (Wildman–Crippen MR) is 103 cm³/mol. The van der Waals surface area contributed by atoms with E-state index in [4.69, 9.17) is 0 Å². The molecule has 0 bridgehead atoms. The summed E-state index contributed by atoms with van der Waals surface area (Å²) < 4.78 is 0. The minimum atomic E-state index is -1.50. The van der Waals surface area contributed by atoms with Gasteiger partial charge < -0.3 is 10.2 Å². The highest BCUT2D eigenvalue weighted by Gasteiger charge is 2.38. The summed E-state index contributed by atoms with van der Waals surface area (Å²) >= 11 is 0. The molecule has 31 heavy (non-hydrogen) atoms. The first kappa shape index (κ1) is 19.4. The van der Waals surface area contributed by atoms with Crippen LogP contribution in [0.15, 0.2) is 42.5 Å². The molecule has 2 N–H and O–H groups in total. The van der Waals surface area contributed by atoms with Gasteiger partial charge in [0.2, 0.25) is 0 Å². The summed E-state index contributed by atoms with van der Waals surface area (Å²) in [5.41, 5.74) is -2.41. The molecule has 1 aliphatic rings. The summed E-state index contributed by atoms with van der Waals surface area (Å²) in [5, 5.41) is 41.0. The Labute approximate surface area is 170 Å². The van der Waals surface area contributed by atoms with E-state index in [1.165, 1.54) is 0 Å². The molecule has 154 valence electrons. The predicted octanol–water partition coefficient (Wildman–Crippen LogP) is 2.86. The SMILES string of the molecule is O=C(O)c1cc(N2C(=O)c3ccc([N+](=O)[O-])c4c([N+](=O)[O-])ccc(c34)C2=O)ccc1O. The second-order valence-electron chi connectivity index (χ2n) is 6.48. The number of phenols is 1. The molecular weight excluding hydrogens is 414 g/mol. The number of imide groups is 1. The van der Waals surface area contributed by atoms with Crippen molar-refractivity contribution in [2.24, 2.45) is 0 Å². The van der Waals surface area contributed by atoms with Crippen LogP contribution >= 0.6 is 0 Å². The van der Waals surface area contributed by atoms with E-state index in [-0.39, 0.29) is 22.2 Å². The van der Waals surface area contributed by atoms with Crippen LogP contribution in [-0.2, 0) is 0 Å². The maximum Gasteiger partial charge on any atom is 0.339 e. The number of amides is 2. The molecule has 0 spiro atoms. The molecule has 0 unspecified atom stereocenters. The number of anilines is 1. The number of rotatable bonds is 4. The van der Waals surface area contributed by atoms with E-state index in [1.54, 1.807) is 0 Å². The number of nitro benzene ring substituents is 2. The van der Waals surface area contributed by atoms with Crippen LogP contribution in [0, 0.1) is 20.2 Å². The Morgan fingerprint density at radius 1 is 0.839 bits per heavy atom. The summed E-state index contributed by atoms with van der Waals surface area (Å²) in [5.74, 6) is -3.99. The third kappa shape index (κ3) is 2.73. The van der Waals surface area contributed by atoms with Gasteiger partial charge in [-0.25, -0.2) is 9.69 Å². The fourth-order valence-electron chi connectivity index (χ4n) is 3.52. The minimum Gasteiger partial charge on any atom is -0.507 e. The lowest BCUT2D eigenvalue weighted by Gasteiger charge is -2.27. The van der Waals surface area contributed by atoms with Gasteiger partial charge in [0, 0.05) is 28.6 Å². The number of carbonyl (C=O) groups is 3. The monoisotopic (exact) mass is 423 g/mol. The maximum absolute atomic E-state index is 13.1. The molecule has 12 heteroatoms. The van der Waals surface area contributed by atoms with Gasteiger partial charge in [-0.3, -0.25) is 29.8 Å². The van der Waals surface area contributed by atoms with Gasteiger partial charge >= 0.3 is 5.97 Å². The maximum atomic E-state index is 13.1. The van der Waals surface area contributed by atoms with Crippen molar-refractivity contribution in [3.8, 4) is 5.75 Å². The molecular formula is C19H9N3O9. The molecule has 0 fully saturated rings. The Balaban J connectivity index is 2.02. The third-order valence-corrected chi connectivity index (χ3v) is 4.85. The van der Waals surface area contributed by atoms with Crippen molar-refractivity contribution in [3.63, 3.8) is 0 Å². The largest absolute Gasteiger partial charge is 0.507 e. The standard InChI is InChI=1S/C19H9N3O9/c23-14-6-1-8(7-11(14)19(26)27)20-17(24)9-2-4-12(21(28)29)16-13(22(30)31)5-3-10(15(9)16)18(20)25/h1-7,23H,(H,26,27). The third-order valence-electron chi connectivity index (χ3n) is 4.85. The highest BCUT2D eigenvalue weighted by Crippen LogP contribution is 2.41. The van der Waals surface area contributed by atoms with Crippen molar-refractivity contribution in [2.75, 3.05) is 4.90 Å². The van der Waals surface area contributed by atoms with Gasteiger partial charge in [0.25, 0.3) is 23.2 Å². The summed E-state index contributed by atoms with van der Waals surface area (Å²) in [6, 6.07) is 7.08. The number of non-ortho nitro benzene ring substituents is 2. The van der Waals surface area contributed by atoms with Crippen LogP contribution in [0.2, 0.25) is 0 Å². The summed E-state index contributed by atoms with van der Waals surface area (Å²) in [6.07, 6.45) is 0. The summed E-state index contributed by atoms with van der Waals surface area (Å²) in [7, 11) is 0. The van der Waals surface area contributed by atoms with Gasteiger partial charge in [-0.2, -0.15) is 0 Å². The van der Waals surface area contributed by atoms with E-state index in [0.29, 0.717) is 4.90 Å². The molecule has 1 heterocycles. The lowest BCUT2D eigenvalue weighted by molar-refractivity contribution is -0.390. The summed E-state index contributed by atoms with van der Waals surface area (Å²) in [4.78, 5) is 59.3. The first-order valence-corrected chi connectivity index (χ1v) is 8.47. The number of carboxylic acids is 1. The first-order chi connectivity index (χ1) is 14.6. The van der Waals surface area contributed by atoms with Crippen molar-refractivity contribution in [1.29, 1.82) is 0 Å². The van der Waals surface area contributed by atoms with Crippen molar-refractivity contribution >= 4 is 45.6 Å². The number of aromatic hydroxyl groups is 1. The molecule has 0 atom stereocenters. The van der Waals surface area contributed by atoms with Crippen LogP contribution in [0.25, 0.3) is 10.8 Å². The number of nitro groups is 2. The highest BCUT2D eigenvalue weighted by atomic mass is 16.6. The Morgan fingerprint density at radius 3 is 1.81 bits per heavy atom. The van der Waals surface area contributed by atoms with Crippen LogP contribution in [0.3, 0.4) is 0 Å². The Kier molecular flexibility index (Phi) is 4.13. The zero-order valence-electron chi connectivity index (χ0n) is 15.1. The lowest BCUT2D eigenvalue weighted by Crippen LogP contribution is -2.40. The molecule has 3 aromatic rings. The van der Waals surface area contributed by atoms with E-state index in [2.05, 4.69) is 0 Å². The molecule has 3 aromatic carbocycles. The lowest BCUT2D eigenvalue weighted by atomic mass is 9.91. The quantitative estimate of drug-likeness (QED) is 0.362. The zero-order chi connectivity index (χ0) is 22.6. The van der Waals surface area contributed by atoms with Gasteiger partial charge in [0.1, 0.15) is 16.7 Å². The average molecular weight is 423 g/mol. The smallest absolute Gasteiger partial charge is 0.339 e. The minimum absolute atomic E-state index is 0.166. The zero-order valence-corrected chi connectivity index (χ0v) is 15.1. The van der Waals surface area contributed by atoms with E-state index in [0.717, 1.165) is 42.5 Å². The second kappa shape index (κ2) is 6.59. The molecule has 2 amide bonds. The van der Waals surface area contributed by atoms with Gasteiger partial charge in [-0.15, -0.1) is 0 Å². The first-order valence-electron chi connectivity index (χ1n) is 8.47. The average Bonchev–Trinajstić information content (AvgIpc) is 2.71. The van der Waals surface area contributed by atoms with Gasteiger partial charge in [-0.05, 0) is 30.3 Å². The Hall–Kier alpha value is -4.87. The Bertz CT molecular complexity index is 1310. The van der Waals surface area contributed by atoms with E-state index < -0.39 is 55.7 Å². The van der Waals surface area contributed by atoms with Crippen LogP contribution in [0.5, 0.6) is 5.75 Å². The number of nitrogens with zero attached hydrogens (tertiary/aromatic N) is 3. The highest BCUT2D eigenvalue weighted by molar-refractivity contribution is 6.37. The van der Waals surface area contributed by atoms with Gasteiger partial charge in [0.05, 0.1) is 15.5 Å². The summed E-state index contributed by atoms with van der Waals surface area (Å²) in [6.45, 7) is 0. The number of hydrogen-bond acceptors (Lipinski definition) is 8. The van der Waals surface area contributed by atoms with Crippen molar-refractivity contribution in [3.05, 3.63) is 79.4 Å². The fraction of sp³-hybridized carbons (Fsp3) is 0. The van der Waals surface area contributed by atoms with E-state index >= 15 is 0 Å². The molecule has 1 aliphatic heterocycles. The van der Waals surface area contributed by atoms with Crippen LogP contribution in [-0.4, -0.2) is 37.8 Å². The normalized spacial score (nSPS) is 12.8. The second-order valence-corrected chi connectivity index (χ2v) is 6.48. The van der Waals surface area contributed by atoms with Crippen molar-refractivity contribution < 1.29 is 34.4 Å². The molecule has 0 saturated carbocycles. The molecule has 12 nitrogen and oxygen atoms in total.